The Morgan fingerprint density at radius 2 is 1.79 bits per heavy atom. The summed E-state index contributed by atoms with van der Waals surface area (Å²) in [6.45, 7) is 4.38. The van der Waals surface area contributed by atoms with Crippen molar-refractivity contribution in [3.63, 3.8) is 0 Å². The van der Waals surface area contributed by atoms with Gasteiger partial charge in [0.25, 0.3) is 0 Å². The molecule has 0 radical (unpaired) electrons. The van der Waals surface area contributed by atoms with Crippen molar-refractivity contribution in [2.45, 2.75) is 24.3 Å². The molecule has 1 aliphatic rings. The number of hydrogen-bond acceptors (Lipinski definition) is 4. The van der Waals surface area contributed by atoms with E-state index in [2.05, 4.69) is 17.0 Å². The Morgan fingerprint density at radius 3 is 2.50 bits per heavy atom. The average Bonchev–Trinajstić information content (AvgIpc) is 2.96. The minimum absolute atomic E-state index is 0.209. The maximum Gasteiger partial charge on any atom is 0.223 e. The quantitative estimate of drug-likeness (QED) is 0.654. The normalized spacial score (nSPS) is 15.3. The Morgan fingerprint density at radius 1 is 1.04 bits per heavy atom. The third-order valence-electron chi connectivity index (χ3n) is 4.90. The van der Waals surface area contributed by atoms with Crippen LogP contribution in [0.15, 0.2) is 53.4 Å². The Kier molecular flexibility index (Phi) is 7.74. The van der Waals surface area contributed by atoms with Crippen molar-refractivity contribution in [1.29, 1.82) is 0 Å². The molecule has 0 aromatic heterocycles. The SMILES string of the molecule is COc1ccc(CN2CCCN(C(=O)CCSc3ccc(F)cc3)CC2)cc1. The highest BCUT2D eigenvalue weighted by Gasteiger charge is 2.19. The predicted molar refractivity (Wildman–Crippen MR) is 111 cm³/mol. The van der Waals surface area contributed by atoms with Gasteiger partial charge in [0.15, 0.2) is 0 Å². The molecular weight excluding hydrogens is 375 g/mol. The first-order valence-corrected chi connectivity index (χ1v) is 10.6. The van der Waals surface area contributed by atoms with Crippen molar-refractivity contribution in [3.8, 4) is 5.75 Å². The summed E-state index contributed by atoms with van der Waals surface area (Å²) >= 11 is 1.60. The molecular formula is C22H27FN2O2S. The molecule has 1 amide bonds. The van der Waals surface area contributed by atoms with Gasteiger partial charge in [-0.05, 0) is 48.4 Å². The highest BCUT2D eigenvalue weighted by atomic mass is 32.2. The molecule has 0 bridgehead atoms. The number of benzene rings is 2. The van der Waals surface area contributed by atoms with Crippen molar-refractivity contribution in [2.75, 3.05) is 39.0 Å². The summed E-state index contributed by atoms with van der Waals surface area (Å²) in [4.78, 5) is 17.9. The number of rotatable bonds is 7. The lowest BCUT2D eigenvalue weighted by atomic mass is 10.2. The van der Waals surface area contributed by atoms with Gasteiger partial charge >= 0.3 is 0 Å². The van der Waals surface area contributed by atoms with Crippen LogP contribution in [0.3, 0.4) is 0 Å². The molecule has 0 atom stereocenters. The van der Waals surface area contributed by atoms with E-state index in [1.165, 1.54) is 17.7 Å². The van der Waals surface area contributed by atoms with Crippen LogP contribution in [0.4, 0.5) is 4.39 Å². The fourth-order valence-corrected chi connectivity index (χ4v) is 4.15. The molecule has 150 valence electrons. The smallest absolute Gasteiger partial charge is 0.223 e. The van der Waals surface area contributed by atoms with Crippen LogP contribution < -0.4 is 4.74 Å². The van der Waals surface area contributed by atoms with Gasteiger partial charge in [0.1, 0.15) is 11.6 Å². The van der Waals surface area contributed by atoms with Gasteiger partial charge in [0, 0.05) is 49.8 Å². The van der Waals surface area contributed by atoms with Crippen LogP contribution in [0.5, 0.6) is 5.75 Å². The number of halogens is 1. The molecule has 0 aliphatic carbocycles. The zero-order valence-electron chi connectivity index (χ0n) is 16.3. The van der Waals surface area contributed by atoms with E-state index >= 15 is 0 Å². The number of carbonyl (C=O) groups is 1. The van der Waals surface area contributed by atoms with Crippen LogP contribution in [0.25, 0.3) is 0 Å². The lowest BCUT2D eigenvalue weighted by molar-refractivity contribution is -0.130. The minimum Gasteiger partial charge on any atom is -0.497 e. The monoisotopic (exact) mass is 402 g/mol. The summed E-state index contributed by atoms with van der Waals surface area (Å²) in [5, 5.41) is 0. The van der Waals surface area contributed by atoms with Crippen molar-refractivity contribution >= 4 is 17.7 Å². The first-order chi connectivity index (χ1) is 13.6. The van der Waals surface area contributed by atoms with Crippen molar-refractivity contribution < 1.29 is 13.9 Å². The number of methoxy groups -OCH3 is 1. The zero-order valence-corrected chi connectivity index (χ0v) is 17.1. The van der Waals surface area contributed by atoms with E-state index in [0.29, 0.717) is 6.42 Å². The molecule has 2 aromatic carbocycles. The maximum absolute atomic E-state index is 12.9. The summed E-state index contributed by atoms with van der Waals surface area (Å²) in [6, 6.07) is 14.6. The van der Waals surface area contributed by atoms with Gasteiger partial charge in [0.05, 0.1) is 7.11 Å². The molecule has 1 fully saturated rings. The lowest BCUT2D eigenvalue weighted by Gasteiger charge is -2.22. The van der Waals surface area contributed by atoms with Crippen LogP contribution in [0.2, 0.25) is 0 Å². The van der Waals surface area contributed by atoms with Gasteiger partial charge in [-0.15, -0.1) is 11.8 Å². The number of carbonyl (C=O) groups excluding carboxylic acids is 1. The van der Waals surface area contributed by atoms with Crippen molar-refractivity contribution in [3.05, 3.63) is 59.9 Å². The highest BCUT2D eigenvalue weighted by molar-refractivity contribution is 7.99. The largest absolute Gasteiger partial charge is 0.497 e. The number of amides is 1. The van der Waals surface area contributed by atoms with Crippen LogP contribution in [0, 0.1) is 5.82 Å². The molecule has 1 heterocycles. The van der Waals surface area contributed by atoms with E-state index < -0.39 is 0 Å². The number of hydrogen-bond donors (Lipinski definition) is 0. The molecule has 0 unspecified atom stereocenters. The van der Waals surface area contributed by atoms with Crippen LogP contribution >= 0.6 is 11.8 Å². The topological polar surface area (TPSA) is 32.8 Å². The maximum atomic E-state index is 12.9. The molecule has 3 rings (SSSR count). The van der Waals surface area contributed by atoms with Crippen molar-refractivity contribution in [1.82, 2.24) is 9.80 Å². The number of nitrogens with zero attached hydrogens (tertiary/aromatic N) is 2. The van der Waals surface area contributed by atoms with E-state index in [0.717, 1.165) is 55.5 Å². The van der Waals surface area contributed by atoms with Crippen LogP contribution in [-0.2, 0) is 11.3 Å². The second kappa shape index (κ2) is 10.5. The molecule has 0 N–H and O–H groups in total. The van der Waals surface area contributed by atoms with E-state index in [1.807, 2.05) is 17.0 Å². The van der Waals surface area contributed by atoms with Crippen LogP contribution in [0.1, 0.15) is 18.4 Å². The first kappa shape index (κ1) is 20.7. The van der Waals surface area contributed by atoms with Gasteiger partial charge < -0.3 is 9.64 Å². The van der Waals surface area contributed by atoms with Crippen LogP contribution in [-0.4, -0.2) is 54.7 Å². The average molecular weight is 403 g/mol. The third-order valence-corrected chi connectivity index (χ3v) is 5.92. The fourth-order valence-electron chi connectivity index (χ4n) is 3.31. The van der Waals surface area contributed by atoms with Gasteiger partial charge in [-0.2, -0.15) is 0 Å². The summed E-state index contributed by atoms with van der Waals surface area (Å²) in [5.74, 6) is 1.57. The van der Waals surface area contributed by atoms with Crippen molar-refractivity contribution in [2.24, 2.45) is 0 Å². The second-order valence-electron chi connectivity index (χ2n) is 6.91. The fraction of sp³-hybridized carbons (Fsp3) is 0.409. The second-order valence-corrected chi connectivity index (χ2v) is 8.08. The Balaban J connectivity index is 1.42. The zero-order chi connectivity index (χ0) is 19.8. The molecule has 1 aliphatic heterocycles. The molecule has 1 saturated heterocycles. The number of ether oxygens (including phenoxy) is 1. The Labute approximate surface area is 170 Å². The van der Waals surface area contributed by atoms with Gasteiger partial charge in [-0.3, -0.25) is 9.69 Å². The first-order valence-electron chi connectivity index (χ1n) is 9.65. The Bertz CT molecular complexity index is 752. The van der Waals surface area contributed by atoms with E-state index in [1.54, 1.807) is 31.0 Å². The van der Waals surface area contributed by atoms with E-state index in [4.69, 9.17) is 4.74 Å². The third kappa shape index (κ3) is 6.24. The summed E-state index contributed by atoms with van der Waals surface area (Å²) in [6.07, 6.45) is 1.51. The summed E-state index contributed by atoms with van der Waals surface area (Å²) in [5.41, 5.74) is 1.26. The molecule has 0 spiro atoms. The van der Waals surface area contributed by atoms with Gasteiger partial charge in [-0.25, -0.2) is 4.39 Å². The standard InChI is InChI=1S/C22H27FN2O2S/c1-27-20-7-3-18(4-8-20)17-24-12-2-13-25(15-14-24)22(26)11-16-28-21-9-5-19(23)6-10-21/h3-10H,2,11-17H2,1H3. The van der Waals surface area contributed by atoms with Gasteiger partial charge in [-0.1, -0.05) is 12.1 Å². The van der Waals surface area contributed by atoms with Gasteiger partial charge in [0.2, 0.25) is 5.91 Å². The lowest BCUT2D eigenvalue weighted by Crippen LogP contribution is -2.35. The van der Waals surface area contributed by atoms with E-state index in [-0.39, 0.29) is 11.7 Å². The molecule has 0 saturated carbocycles. The molecule has 2 aromatic rings. The molecule has 6 heteroatoms. The Hall–Kier alpha value is -2.05. The summed E-state index contributed by atoms with van der Waals surface area (Å²) < 4.78 is 18.2. The molecule has 28 heavy (non-hydrogen) atoms. The molecule has 4 nitrogen and oxygen atoms in total. The predicted octanol–water partition coefficient (Wildman–Crippen LogP) is 4.05. The minimum atomic E-state index is -0.232. The van der Waals surface area contributed by atoms with E-state index in [9.17, 15) is 9.18 Å². The summed E-state index contributed by atoms with van der Waals surface area (Å²) in [7, 11) is 1.67. The highest BCUT2D eigenvalue weighted by Crippen LogP contribution is 2.20. The number of thioether (sulfide) groups is 1.